The van der Waals surface area contributed by atoms with Crippen LogP contribution in [0.5, 0.6) is 11.5 Å². The third kappa shape index (κ3) is 3.60. The molecule has 4 aromatic rings. The van der Waals surface area contributed by atoms with E-state index in [9.17, 15) is 9.90 Å². The van der Waals surface area contributed by atoms with Crippen LogP contribution >= 0.6 is 22.9 Å². The van der Waals surface area contributed by atoms with Gasteiger partial charge in [0.05, 0.1) is 11.1 Å². The molecule has 0 radical (unpaired) electrons. The maximum Gasteiger partial charge on any atom is 0.204 e. The van der Waals surface area contributed by atoms with E-state index >= 15 is 0 Å². The predicted molar refractivity (Wildman–Crippen MR) is 124 cm³/mol. The second-order valence-electron chi connectivity index (χ2n) is 7.04. The van der Waals surface area contributed by atoms with E-state index in [4.69, 9.17) is 16.3 Å². The molecule has 0 spiro atoms. The van der Waals surface area contributed by atoms with Crippen LogP contribution in [0.3, 0.4) is 0 Å². The average Bonchev–Trinajstić information content (AvgIpc) is 3.06. The molecular formula is C25H19ClO3S. The van der Waals surface area contributed by atoms with Gasteiger partial charge in [0.2, 0.25) is 5.78 Å². The van der Waals surface area contributed by atoms with Crippen LogP contribution in [-0.4, -0.2) is 10.9 Å². The first-order valence-corrected chi connectivity index (χ1v) is 10.5. The van der Waals surface area contributed by atoms with Gasteiger partial charge in [-0.05, 0) is 73.0 Å². The summed E-state index contributed by atoms with van der Waals surface area (Å²) in [7, 11) is 0. The van der Waals surface area contributed by atoms with Crippen LogP contribution in [0, 0.1) is 13.8 Å². The zero-order valence-corrected chi connectivity index (χ0v) is 18.1. The zero-order valence-electron chi connectivity index (χ0n) is 16.5. The summed E-state index contributed by atoms with van der Waals surface area (Å²) in [5.41, 5.74) is 4.08. The molecule has 1 N–H and O–H groups in total. The standard InChI is InChI=1S/C25H19ClO3S/c1-4-29-19-8-5-16(6-9-19)23-20-10-7-18(27)13-21(20)30-25(23)24(28)22-14(2)11-17(26)12-15(22)3/h4-13,27H,1H2,2-3H3. The highest BCUT2D eigenvalue weighted by molar-refractivity contribution is 7.21. The van der Waals surface area contributed by atoms with Crippen LogP contribution < -0.4 is 4.74 Å². The molecule has 1 aromatic heterocycles. The van der Waals surface area contributed by atoms with Gasteiger partial charge in [0.25, 0.3) is 0 Å². The molecule has 0 amide bonds. The van der Waals surface area contributed by atoms with E-state index in [0.29, 0.717) is 21.2 Å². The number of rotatable bonds is 5. The molecule has 30 heavy (non-hydrogen) atoms. The zero-order chi connectivity index (χ0) is 21.4. The number of benzene rings is 3. The van der Waals surface area contributed by atoms with Gasteiger partial charge in [-0.15, -0.1) is 11.3 Å². The Hall–Kier alpha value is -3.08. The number of ether oxygens (including phenoxy) is 1. The van der Waals surface area contributed by atoms with Crippen molar-refractivity contribution >= 4 is 38.8 Å². The normalized spacial score (nSPS) is 10.9. The largest absolute Gasteiger partial charge is 0.508 e. The van der Waals surface area contributed by atoms with Crippen molar-refractivity contribution in [2.75, 3.05) is 0 Å². The van der Waals surface area contributed by atoms with Crippen LogP contribution in [0.4, 0.5) is 0 Å². The van der Waals surface area contributed by atoms with E-state index in [1.54, 1.807) is 12.1 Å². The monoisotopic (exact) mass is 434 g/mol. The summed E-state index contributed by atoms with van der Waals surface area (Å²) in [6, 6.07) is 16.3. The van der Waals surface area contributed by atoms with Crippen LogP contribution in [0.15, 0.2) is 67.4 Å². The Labute approximate surface area is 183 Å². The Balaban J connectivity index is 1.95. The minimum Gasteiger partial charge on any atom is -0.508 e. The topological polar surface area (TPSA) is 46.5 Å². The van der Waals surface area contributed by atoms with Gasteiger partial charge in [-0.25, -0.2) is 0 Å². The van der Waals surface area contributed by atoms with E-state index in [-0.39, 0.29) is 11.5 Å². The molecule has 0 aliphatic carbocycles. The number of carbonyl (C=O) groups is 1. The number of phenolic OH excluding ortho intramolecular Hbond substituents is 1. The first-order valence-electron chi connectivity index (χ1n) is 9.34. The fourth-order valence-electron chi connectivity index (χ4n) is 3.71. The number of ketones is 1. The van der Waals surface area contributed by atoms with Crippen molar-refractivity contribution in [3.8, 4) is 22.6 Å². The summed E-state index contributed by atoms with van der Waals surface area (Å²) in [4.78, 5) is 14.3. The lowest BCUT2D eigenvalue weighted by Crippen LogP contribution is -2.06. The second kappa shape index (κ2) is 7.98. The van der Waals surface area contributed by atoms with Crippen molar-refractivity contribution in [1.29, 1.82) is 0 Å². The lowest BCUT2D eigenvalue weighted by atomic mass is 9.94. The smallest absolute Gasteiger partial charge is 0.204 e. The molecule has 3 nitrogen and oxygen atoms in total. The Morgan fingerprint density at radius 1 is 1.07 bits per heavy atom. The summed E-state index contributed by atoms with van der Waals surface area (Å²) in [6.07, 6.45) is 1.37. The Kier molecular flexibility index (Phi) is 5.37. The van der Waals surface area contributed by atoms with Crippen molar-refractivity contribution in [3.63, 3.8) is 0 Å². The molecule has 0 atom stereocenters. The quantitative estimate of drug-likeness (QED) is 0.265. The number of fused-ring (bicyclic) bond motifs is 1. The minimum absolute atomic E-state index is 0.0521. The lowest BCUT2D eigenvalue weighted by molar-refractivity contribution is 0.104. The average molecular weight is 435 g/mol. The molecule has 3 aromatic carbocycles. The molecule has 0 aliphatic heterocycles. The first kappa shape index (κ1) is 20.2. The SMILES string of the molecule is C=COc1ccc(-c2c(C(=O)c3c(C)cc(Cl)cc3C)sc3cc(O)ccc23)cc1. The molecule has 5 heteroatoms. The Morgan fingerprint density at radius 2 is 1.73 bits per heavy atom. The molecule has 4 rings (SSSR count). The van der Waals surface area contributed by atoms with Crippen molar-refractivity contribution in [1.82, 2.24) is 0 Å². The third-order valence-corrected chi connectivity index (χ3v) is 6.34. The highest BCUT2D eigenvalue weighted by Crippen LogP contribution is 2.42. The van der Waals surface area contributed by atoms with Gasteiger partial charge >= 0.3 is 0 Å². The summed E-state index contributed by atoms with van der Waals surface area (Å²) < 4.78 is 6.18. The van der Waals surface area contributed by atoms with Crippen LogP contribution in [0.2, 0.25) is 5.02 Å². The van der Waals surface area contributed by atoms with Crippen molar-refractivity contribution in [2.45, 2.75) is 13.8 Å². The highest BCUT2D eigenvalue weighted by atomic mass is 35.5. The van der Waals surface area contributed by atoms with E-state index in [2.05, 4.69) is 6.58 Å². The summed E-state index contributed by atoms with van der Waals surface area (Å²) >= 11 is 7.55. The van der Waals surface area contributed by atoms with Crippen LogP contribution in [-0.2, 0) is 0 Å². The van der Waals surface area contributed by atoms with Gasteiger partial charge in [-0.1, -0.05) is 30.3 Å². The molecular weight excluding hydrogens is 416 g/mol. The molecule has 0 saturated heterocycles. The molecule has 0 saturated carbocycles. The van der Waals surface area contributed by atoms with Gasteiger partial charge in [0, 0.05) is 26.2 Å². The van der Waals surface area contributed by atoms with E-state index in [0.717, 1.165) is 32.3 Å². The first-order chi connectivity index (χ1) is 14.4. The second-order valence-corrected chi connectivity index (χ2v) is 8.53. The number of hydrogen-bond acceptors (Lipinski definition) is 4. The number of thiophene rings is 1. The number of hydrogen-bond donors (Lipinski definition) is 1. The molecule has 0 bridgehead atoms. The number of carbonyl (C=O) groups excluding carboxylic acids is 1. The van der Waals surface area contributed by atoms with Gasteiger partial charge in [0.15, 0.2) is 0 Å². The number of phenols is 1. The summed E-state index contributed by atoms with van der Waals surface area (Å²) in [6.45, 7) is 7.36. The van der Waals surface area contributed by atoms with Gasteiger partial charge in [-0.3, -0.25) is 4.79 Å². The molecule has 0 unspecified atom stereocenters. The van der Waals surface area contributed by atoms with Crippen molar-refractivity contribution in [3.05, 3.63) is 94.0 Å². The van der Waals surface area contributed by atoms with E-state index < -0.39 is 0 Å². The Bertz CT molecular complexity index is 1260. The van der Waals surface area contributed by atoms with E-state index in [1.165, 1.54) is 17.6 Å². The van der Waals surface area contributed by atoms with Gasteiger partial charge < -0.3 is 9.84 Å². The summed E-state index contributed by atoms with van der Waals surface area (Å²) in [5, 5.41) is 11.5. The molecule has 1 heterocycles. The molecule has 150 valence electrons. The summed E-state index contributed by atoms with van der Waals surface area (Å²) in [5.74, 6) is 0.787. The maximum atomic E-state index is 13.7. The van der Waals surface area contributed by atoms with Crippen molar-refractivity contribution in [2.24, 2.45) is 0 Å². The highest BCUT2D eigenvalue weighted by Gasteiger charge is 2.24. The minimum atomic E-state index is -0.0521. The van der Waals surface area contributed by atoms with Crippen LogP contribution in [0.1, 0.15) is 26.4 Å². The van der Waals surface area contributed by atoms with E-state index in [1.807, 2.05) is 56.3 Å². The predicted octanol–water partition coefficient (Wildman–Crippen LogP) is 7.30. The number of aromatic hydroxyl groups is 1. The fraction of sp³-hybridized carbons (Fsp3) is 0.0800. The number of halogens is 1. The number of aryl methyl sites for hydroxylation is 2. The lowest BCUT2D eigenvalue weighted by Gasteiger charge is -2.11. The fourth-order valence-corrected chi connectivity index (χ4v) is 5.24. The molecule has 0 aliphatic rings. The van der Waals surface area contributed by atoms with Gasteiger partial charge in [0.1, 0.15) is 11.5 Å². The Morgan fingerprint density at radius 3 is 2.37 bits per heavy atom. The maximum absolute atomic E-state index is 13.7. The van der Waals surface area contributed by atoms with Crippen LogP contribution in [0.25, 0.3) is 21.2 Å². The third-order valence-electron chi connectivity index (χ3n) is 4.97. The van der Waals surface area contributed by atoms with Gasteiger partial charge in [-0.2, -0.15) is 0 Å². The molecule has 0 fully saturated rings. The van der Waals surface area contributed by atoms with Crippen molar-refractivity contribution < 1.29 is 14.6 Å².